The molecule has 0 radical (unpaired) electrons. The average Bonchev–Trinajstić information content (AvgIpc) is 3.44. The summed E-state index contributed by atoms with van der Waals surface area (Å²) in [5, 5.41) is 3.61. The molecule has 2 rings (SSSR count). The van der Waals surface area contributed by atoms with Crippen molar-refractivity contribution >= 4 is 24.2 Å². The van der Waals surface area contributed by atoms with E-state index in [1.807, 2.05) is 0 Å². The summed E-state index contributed by atoms with van der Waals surface area (Å²) in [4.78, 5) is 0. The van der Waals surface area contributed by atoms with Crippen molar-refractivity contribution < 1.29 is 0 Å². The molecule has 33 heavy (non-hydrogen) atoms. The van der Waals surface area contributed by atoms with Crippen molar-refractivity contribution in [2.75, 3.05) is 0 Å². The highest BCUT2D eigenvalue weighted by Crippen LogP contribution is 2.54. The van der Waals surface area contributed by atoms with Crippen LogP contribution in [-0.4, -0.2) is 24.2 Å². The van der Waals surface area contributed by atoms with Crippen molar-refractivity contribution in [1.29, 1.82) is 0 Å². The molecular formula is C30H56Si3. The lowest BCUT2D eigenvalue weighted by molar-refractivity contribution is 0.725. The van der Waals surface area contributed by atoms with Gasteiger partial charge in [0.25, 0.3) is 0 Å². The number of allylic oxidation sites excluding steroid dienone is 8. The molecule has 2 unspecified atom stereocenters. The van der Waals surface area contributed by atoms with Crippen LogP contribution >= 0.6 is 0 Å². The highest BCUT2D eigenvalue weighted by atomic mass is 28.3. The molecule has 0 aromatic heterocycles. The quantitative estimate of drug-likeness (QED) is 0.234. The summed E-state index contributed by atoms with van der Waals surface area (Å²) in [6.07, 6.45) is 11.2. The Morgan fingerprint density at radius 3 is 1.06 bits per heavy atom. The molecule has 0 aliphatic heterocycles. The highest BCUT2D eigenvalue weighted by Gasteiger charge is 2.48. The van der Waals surface area contributed by atoms with Gasteiger partial charge in [0.15, 0.2) is 0 Å². The molecule has 0 amide bonds. The standard InChI is InChI=1S/C30H56Si3/c1-13-32(14-2,15-3)25-19-27(23(7)8)29(21-25)31(11,12)30-22-26(20-28(30)24(9)10)33(16-4,17-5)18-6/h19-24,29-30H,13-18H2,1-12H3. The largest absolute Gasteiger partial charge is 0.0855 e. The Kier molecular flexibility index (Phi) is 9.72. The minimum Gasteiger partial charge on any atom is -0.0807 e. The van der Waals surface area contributed by atoms with Crippen LogP contribution in [0.25, 0.3) is 0 Å². The molecule has 0 saturated heterocycles. The van der Waals surface area contributed by atoms with Gasteiger partial charge in [-0.2, -0.15) is 0 Å². The van der Waals surface area contributed by atoms with Crippen LogP contribution in [-0.2, 0) is 0 Å². The summed E-state index contributed by atoms with van der Waals surface area (Å²) in [7, 11) is -4.35. The number of hydrogen-bond donors (Lipinski definition) is 0. The van der Waals surface area contributed by atoms with E-state index in [2.05, 4.69) is 107 Å². The van der Waals surface area contributed by atoms with Crippen molar-refractivity contribution in [2.24, 2.45) is 11.8 Å². The highest BCUT2D eigenvalue weighted by molar-refractivity contribution is 6.89. The van der Waals surface area contributed by atoms with Crippen molar-refractivity contribution in [2.45, 2.75) is 130 Å². The SMILES string of the molecule is CC[Si](CC)(CC)C1=CC([Si](C)(C)C2C=C([Si](CC)(CC)CC)C=C2C(C)C)C(C(C)C)=C1. The van der Waals surface area contributed by atoms with Crippen molar-refractivity contribution in [1.82, 2.24) is 0 Å². The molecule has 0 aromatic rings. The Morgan fingerprint density at radius 2 is 0.848 bits per heavy atom. The van der Waals surface area contributed by atoms with Gasteiger partial charge in [-0.3, -0.25) is 0 Å². The summed E-state index contributed by atoms with van der Waals surface area (Å²) < 4.78 is 0. The normalized spacial score (nSPS) is 22.1. The second-order valence-corrected chi connectivity index (χ2v) is 27.7. The van der Waals surface area contributed by atoms with Gasteiger partial charge in [-0.1, -0.05) is 164 Å². The first-order valence-electron chi connectivity index (χ1n) is 14.3. The lowest BCUT2D eigenvalue weighted by Gasteiger charge is -2.39. The predicted octanol–water partition coefficient (Wildman–Crippen LogP) is 10.6. The maximum Gasteiger partial charge on any atom is 0.0855 e. The Bertz CT molecular complexity index is 716. The fraction of sp³-hybridized carbons (Fsp3) is 0.733. The van der Waals surface area contributed by atoms with Crippen molar-refractivity contribution in [3.63, 3.8) is 0 Å². The Morgan fingerprint density at radius 1 is 0.576 bits per heavy atom. The minimum atomic E-state index is -1.65. The van der Waals surface area contributed by atoms with E-state index in [1.165, 1.54) is 36.3 Å². The van der Waals surface area contributed by atoms with E-state index in [4.69, 9.17) is 0 Å². The van der Waals surface area contributed by atoms with Gasteiger partial charge < -0.3 is 0 Å². The molecule has 0 N–H and O–H groups in total. The maximum absolute atomic E-state index is 2.85. The van der Waals surface area contributed by atoms with Crippen LogP contribution < -0.4 is 0 Å². The molecule has 2 aliphatic carbocycles. The van der Waals surface area contributed by atoms with Crippen LogP contribution in [0.15, 0.2) is 45.8 Å². The van der Waals surface area contributed by atoms with Gasteiger partial charge in [-0.25, -0.2) is 0 Å². The molecule has 0 aromatic carbocycles. The first-order valence-corrected chi connectivity index (χ1v) is 22.7. The number of hydrogen-bond acceptors (Lipinski definition) is 0. The smallest absolute Gasteiger partial charge is 0.0807 e. The van der Waals surface area contributed by atoms with Gasteiger partial charge in [-0.05, 0) is 22.9 Å². The van der Waals surface area contributed by atoms with E-state index in [0.29, 0.717) is 22.9 Å². The Balaban J connectivity index is 2.62. The molecule has 2 atom stereocenters. The third-order valence-corrected chi connectivity index (χ3v) is 25.7. The van der Waals surface area contributed by atoms with Crippen LogP contribution in [0.3, 0.4) is 0 Å². The van der Waals surface area contributed by atoms with E-state index < -0.39 is 24.2 Å². The molecular weight excluding hydrogens is 445 g/mol. The van der Waals surface area contributed by atoms with E-state index in [1.54, 1.807) is 21.5 Å². The van der Waals surface area contributed by atoms with Gasteiger partial charge in [0.2, 0.25) is 0 Å². The molecule has 0 nitrogen and oxygen atoms in total. The van der Waals surface area contributed by atoms with Gasteiger partial charge >= 0.3 is 0 Å². The summed E-state index contributed by atoms with van der Waals surface area (Å²) in [5.41, 5.74) is 4.94. The zero-order valence-corrected chi connectivity index (χ0v) is 27.4. The van der Waals surface area contributed by atoms with Crippen LogP contribution in [0.5, 0.6) is 0 Å². The minimum absolute atomic E-state index is 0.652. The lowest BCUT2D eigenvalue weighted by Crippen LogP contribution is -2.39. The topological polar surface area (TPSA) is 0 Å². The molecule has 0 spiro atoms. The van der Waals surface area contributed by atoms with Gasteiger partial charge in [0.1, 0.15) is 0 Å². The Labute approximate surface area is 211 Å². The summed E-state index contributed by atoms with van der Waals surface area (Å²) in [6.45, 7) is 30.1. The van der Waals surface area contributed by atoms with Crippen LogP contribution in [0.4, 0.5) is 0 Å². The molecule has 2 aliphatic rings. The predicted molar refractivity (Wildman–Crippen MR) is 161 cm³/mol. The molecule has 0 heterocycles. The number of rotatable bonds is 12. The summed E-state index contributed by atoms with van der Waals surface area (Å²) in [6, 6.07) is 8.36. The van der Waals surface area contributed by atoms with E-state index in [9.17, 15) is 0 Å². The summed E-state index contributed by atoms with van der Waals surface area (Å²) >= 11 is 0. The third-order valence-electron chi connectivity index (χ3n) is 10.3. The van der Waals surface area contributed by atoms with Crippen LogP contribution in [0.2, 0.25) is 60.4 Å². The zero-order chi connectivity index (χ0) is 25.2. The van der Waals surface area contributed by atoms with E-state index in [0.717, 1.165) is 0 Å². The third kappa shape index (κ3) is 5.12. The summed E-state index contributed by atoms with van der Waals surface area (Å²) in [5.74, 6) is 1.30. The van der Waals surface area contributed by atoms with Gasteiger partial charge in [-0.15, -0.1) is 0 Å². The lowest BCUT2D eigenvalue weighted by atomic mass is 10.0. The fourth-order valence-electron chi connectivity index (χ4n) is 7.10. The van der Waals surface area contributed by atoms with Crippen molar-refractivity contribution in [3.05, 3.63) is 45.8 Å². The zero-order valence-electron chi connectivity index (χ0n) is 24.4. The molecule has 0 saturated carbocycles. The first kappa shape index (κ1) is 28.8. The van der Waals surface area contributed by atoms with E-state index in [-0.39, 0.29) is 0 Å². The molecule has 0 bridgehead atoms. The van der Waals surface area contributed by atoms with Gasteiger partial charge in [0, 0.05) is 0 Å². The molecule has 188 valence electrons. The fourth-order valence-corrected chi connectivity index (χ4v) is 19.0. The first-order chi connectivity index (χ1) is 15.4. The Hall–Kier alpha value is -0.389. The van der Waals surface area contributed by atoms with Crippen molar-refractivity contribution in [3.8, 4) is 0 Å². The second-order valence-electron chi connectivity index (χ2n) is 12.3. The van der Waals surface area contributed by atoms with E-state index >= 15 is 0 Å². The monoisotopic (exact) mass is 500 g/mol. The molecule has 3 heteroatoms. The van der Waals surface area contributed by atoms with Gasteiger partial charge in [0.05, 0.1) is 24.2 Å². The second kappa shape index (κ2) is 11.1. The van der Waals surface area contributed by atoms with Crippen LogP contribution in [0, 0.1) is 11.8 Å². The molecule has 0 fully saturated rings. The average molecular weight is 501 g/mol. The maximum atomic E-state index is 2.85. The van der Waals surface area contributed by atoms with Crippen LogP contribution in [0.1, 0.15) is 69.2 Å².